The molecule has 2 aliphatic carbocycles. The fourth-order valence-corrected chi connectivity index (χ4v) is 9.42. The number of aromatic amines is 2. The highest BCUT2D eigenvalue weighted by Crippen LogP contribution is 2.49. The van der Waals surface area contributed by atoms with Crippen LogP contribution in [0.3, 0.4) is 0 Å². The number of nitro benzene ring substituents is 2. The Balaban J connectivity index is 0.816. The van der Waals surface area contributed by atoms with Crippen molar-refractivity contribution in [3.63, 3.8) is 0 Å². The van der Waals surface area contributed by atoms with Gasteiger partial charge in [-0.25, -0.2) is 4.79 Å². The third kappa shape index (κ3) is 7.92. The maximum atomic E-state index is 13.6. The van der Waals surface area contributed by atoms with Gasteiger partial charge >= 0.3 is 6.16 Å². The van der Waals surface area contributed by atoms with E-state index in [0.717, 1.165) is 11.4 Å². The van der Waals surface area contributed by atoms with E-state index in [-0.39, 0.29) is 57.7 Å². The zero-order valence-electron chi connectivity index (χ0n) is 34.4. The molecule has 4 amide bonds. The average Bonchev–Trinajstić information content (AvgIpc) is 4.17. The number of nitro groups is 2. The molecular weight excluding hydrogens is 857 g/mol. The van der Waals surface area contributed by atoms with Gasteiger partial charge in [0.2, 0.25) is 0 Å². The number of nitrogens with zero attached hydrogens (tertiary/aromatic N) is 4. The summed E-state index contributed by atoms with van der Waals surface area (Å²) in [6, 6.07) is 21.2. The molecule has 0 saturated heterocycles. The Morgan fingerprint density at radius 1 is 0.545 bits per heavy atom. The summed E-state index contributed by atoms with van der Waals surface area (Å²) in [6.45, 7) is 0. The van der Waals surface area contributed by atoms with Crippen LogP contribution in [0, 0.1) is 20.2 Å². The number of imide groups is 2. The van der Waals surface area contributed by atoms with Crippen molar-refractivity contribution in [2.75, 3.05) is 10.6 Å². The molecule has 4 aliphatic rings. The second-order valence-corrected chi connectivity index (χ2v) is 16.6. The lowest BCUT2D eigenvalue weighted by atomic mass is 9.94. The van der Waals surface area contributed by atoms with Crippen LogP contribution in [0.1, 0.15) is 126 Å². The van der Waals surface area contributed by atoms with Crippen LogP contribution in [0.5, 0.6) is 11.5 Å². The predicted octanol–water partition coefficient (Wildman–Crippen LogP) is 7.88. The van der Waals surface area contributed by atoms with E-state index in [4.69, 9.17) is 9.47 Å². The molecule has 0 radical (unpaired) electrons. The van der Waals surface area contributed by atoms with Gasteiger partial charge in [0.25, 0.3) is 35.0 Å². The Bertz CT molecular complexity index is 2870. The lowest BCUT2D eigenvalue weighted by Gasteiger charge is -2.17. The zero-order chi connectivity index (χ0) is 45.8. The van der Waals surface area contributed by atoms with Crippen LogP contribution in [0.15, 0.2) is 84.9 Å². The first-order valence-electron chi connectivity index (χ1n) is 20.9. The Morgan fingerprint density at radius 2 is 0.955 bits per heavy atom. The molecule has 2 aromatic heterocycles. The highest BCUT2D eigenvalue weighted by molar-refractivity contribution is 6.22. The molecule has 2 fully saturated rings. The minimum atomic E-state index is -1.13. The van der Waals surface area contributed by atoms with Crippen molar-refractivity contribution in [1.29, 1.82) is 0 Å². The molecule has 21 nitrogen and oxygen atoms in total. The number of anilines is 4. The quantitative estimate of drug-likeness (QED) is 0.0224. The van der Waals surface area contributed by atoms with E-state index >= 15 is 0 Å². The first kappa shape index (κ1) is 41.3. The maximum Gasteiger partial charge on any atom is 0.519 e. The third-order valence-corrected chi connectivity index (χ3v) is 12.6. The number of benzene rings is 4. The SMILES string of the molecule is O=C(Oc1ccc([N+](=O)[O-])cc1C1CCC(c2cc(Nc3ccc4c(c3)C(=O)NC4=O)n[nH]2)C1)Oc1ccc([N+](=O)[O-])cc1C1CCC(c2cc(Nc3ccc4c(c3)C(=O)NC4=O)n[nH]2)C1. The van der Waals surface area contributed by atoms with E-state index in [1.54, 1.807) is 36.4 Å². The smallest absolute Gasteiger partial charge is 0.394 e. The minimum absolute atomic E-state index is 0.0368. The summed E-state index contributed by atoms with van der Waals surface area (Å²) in [7, 11) is 0. The zero-order valence-corrected chi connectivity index (χ0v) is 34.4. The number of carbonyl (C=O) groups is 5. The van der Waals surface area contributed by atoms with Crippen molar-refractivity contribution in [3.05, 3.63) is 150 Å². The standard InChI is InChI=1S/C45H36N10O11/c56-41-29-9-5-25(15-33(29)43(58)48-41)46-39-19-35(50-52-39)23-3-1-21(13-23)31-17-27(54(61)62)7-11-37(31)65-45(60)66-38-12-8-28(55(63)64)18-32(38)22-2-4-24(14-22)36-20-40(53-51-36)47-26-6-10-30-34(16-26)44(59)49-42(30)57/h5-12,15-24H,1-4,13-14H2,(H2,46,50,52)(H2,47,51,53)(H,48,56,58)(H,49,57,59). The number of ether oxygens (including phenoxy) is 2. The number of amides is 4. The van der Waals surface area contributed by atoms with E-state index in [2.05, 4.69) is 41.7 Å². The Hall–Kier alpha value is -8.75. The number of nitrogens with one attached hydrogen (secondary N) is 6. The van der Waals surface area contributed by atoms with Gasteiger partial charge < -0.3 is 20.1 Å². The van der Waals surface area contributed by atoms with Gasteiger partial charge in [-0.15, -0.1) is 0 Å². The van der Waals surface area contributed by atoms with Crippen molar-refractivity contribution in [1.82, 2.24) is 31.0 Å². The van der Waals surface area contributed by atoms with Crippen LogP contribution < -0.4 is 30.7 Å². The highest BCUT2D eigenvalue weighted by Gasteiger charge is 2.35. The summed E-state index contributed by atoms with van der Waals surface area (Å²) in [4.78, 5) is 84.5. The molecule has 4 heterocycles. The minimum Gasteiger partial charge on any atom is -0.394 e. The van der Waals surface area contributed by atoms with Crippen molar-refractivity contribution in [2.24, 2.45) is 0 Å². The number of aromatic nitrogens is 4. The fourth-order valence-electron chi connectivity index (χ4n) is 9.42. The lowest BCUT2D eigenvalue weighted by Crippen LogP contribution is -2.19. The van der Waals surface area contributed by atoms with Gasteiger partial charge in [0.1, 0.15) is 11.5 Å². The summed E-state index contributed by atoms with van der Waals surface area (Å²) in [5, 5.41) is 49.5. The predicted molar refractivity (Wildman–Crippen MR) is 232 cm³/mol. The van der Waals surface area contributed by atoms with Gasteiger partial charge in [-0.3, -0.25) is 60.2 Å². The Kier molecular flexibility index (Phi) is 10.3. The summed E-state index contributed by atoms with van der Waals surface area (Å²) < 4.78 is 11.5. The molecule has 4 aromatic carbocycles. The van der Waals surface area contributed by atoms with E-state index in [0.29, 0.717) is 83.8 Å². The second kappa shape index (κ2) is 16.4. The number of carbonyl (C=O) groups excluding carboxylic acids is 5. The monoisotopic (exact) mass is 892 g/mol. The van der Waals surface area contributed by atoms with Crippen LogP contribution in [0.4, 0.5) is 39.2 Å². The lowest BCUT2D eigenvalue weighted by molar-refractivity contribution is -0.385. The molecule has 6 N–H and O–H groups in total. The maximum absolute atomic E-state index is 13.6. The van der Waals surface area contributed by atoms with Gasteiger partial charge in [-0.1, -0.05) is 0 Å². The molecule has 2 saturated carbocycles. The fraction of sp³-hybridized carbons (Fsp3) is 0.222. The van der Waals surface area contributed by atoms with Crippen LogP contribution in [0.2, 0.25) is 0 Å². The molecule has 66 heavy (non-hydrogen) atoms. The van der Waals surface area contributed by atoms with Gasteiger partial charge in [0.15, 0.2) is 11.6 Å². The first-order chi connectivity index (χ1) is 31.8. The average molecular weight is 893 g/mol. The van der Waals surface area contributed by atoms with E-state index in [1.165, 1.54) is 36.4 Å². The van der Waals surface area contributed by atoms with E-state index in [1.807, 2.05) is 12.1 Å². The molecule has 6 aromatic rings. The van der Waals surface area contributed by atoms with E-state index < -0.39 is 39.6 Å². The number of H-pyrrole nitrogens is 2. The second-order valence-electron chi connectivity index (χ2n) is 16.6. The number of rotatable bonds is 12. The van der Waals surface area contributed by atoms with Gasteiger partial charge in [-0.05, 0) is 98.9 Å². The summed E-state index contributed by atoms with van der Waals surface area (Å²) >= 11 is 0. The molecule has 21 heteroatoms. The van der Waals surface area contributed by atoms with Crippen LogP contribution in [-0.4, -0.2) is 60.0 Å². The number of hydrogen-bond acceptors (Lipinski definition) is 15. The van der Waals surface area contributed by atoms with Gasteiger partial charge in [0.05, 0.1) is 32.1 Å². The molecule has 4 unspecified atom stereocenters. The number of hydrogen-bond donors (Lipinski definition) is 6. The van der Waals surface area contributed by atoms with Crippen LogP contribution >= 0.6 is 0 Å². The van der Waals surface area contributed by atoms with Gasteiger partial charge in [0, 0.05) is 82.1 Å². The summed E-state index contributed by atoms with van der Waals surface area (Å²) in [6.07, 6.45) is 2.52. The van der Waals surface area contributed by atoms with E-state index in [9.17, 15) is 44.2 Å². The molecular formula is C45H36N10O11. The topological polar surface area (TPSA) is 296 Å². The molecule has 0 bridgehead atoms. The van der Waals surface area contributed by atoms with Gasteiger partial charge in [-0.2, -0.15) is 10.2 Å². The molecule has 10 rings (SSSR count). The highest BCUT2D eigenvalue weighted by atomic mass is 16.7. The number of fused-ring (bicyclic) bond motifs is 2. The van der Waals surface area contributed by atoms with Crippen molar-refractivity contribution < 1.29 is 43.3 Å². The van der Waals surface area contributed by atoms with Crippen molar-refractivity contribution in [3.8, 4) is 11.5 Å². The van der Waals surface area contributed by atoms with Crippen molar-refractivity contribution >= 4 is 64.2 Å². The molecule has 4 atom stereocenters. The Morgan fingerprint density at radius 3 is 1.38 bits per heavy atom. The third-order valence-electron chi connectivity index (χ3n) is 12.6. The molecule has 332 valence electrons. The normalized spacial score (nSPS) is 19.5. The molecule has 2 aliphatic heterocycles. The summed E-state index contributed by atoms with van der Waals surface area (Å²) in [5.74, 6) is -1.33. The van der Waals surface area contributed by atoms with Crippen molar-refractivity contribution in [2.45, 2.75) is 62.2 Å². The van der Waals surface area contributed by atoms with Crippen LogP contribution in [-0.2, 0) is 0 Å². The first-order valence-corrected chi connectivity index (χ1v) is 20.9. The number of non-ortho nitro benzene ring substituents is 2. The van der Waals surface area contributed by atoms with Crippen LogP contribution in [0.25, 0.3) is 0 Å². The Labute approximate surface area is 372 Å². The molecule has 0 spiro atoms. The largest absolute Gasteiger partial charge is 0.519 e. The summed E-state index contributed by atoms with van der Waals surface area (Å²) in [5.41, 5.74) is 4.36.